The normalized spacial score (nSPS) is 43.8. The lowest BCUT2D eigenvalue weighted by Gasteiger charge is -2.44. The maximum atomic E-state index is 5.99. The molecule has 0 N–H and O–H groups in total. The molecule has 2 heterocycles. The van der Waals surface area contributed by atoms with Crippen molar-refractivity contribution in [3.63, 3.8) is 0 Å². The summed E-state index contributed by atoms with van der Waals surface area (Å²) < 4.78 is 12.0. The van der Waals surface area contributed by atoms with E-state index in [2.05, 4.69) is 13.5 Å². The largest absolute Gasteiger partial charge is 0.347 e. The van der Waals surface area contributed by atoms with Crippen LogP contribution in [0.15, 0.2) is 12.7 Å². The maximum absolute atomic E-state index is 5.99. The van der Waals surface area contributed by atoms with Crippen LogP contribution in [0.4, 0.5) is 0 Å². The van der Waals surface area contributed by atoms with Crippen molar-refractivity contribution in [2.75, 3.05) is 0 Å². The summed E-state index contributed by atoms with van der Waals surface area (Å²) in [5.41, 5.74) is 0. The fraction of sp³-hybridized carbons (Fsp3) is 0.833. The van der Waals surface area contributed by atoms with Gasteiger partial charge >= 0.3 is 0 Å². The van der Waals surface area contributed by atoms with Gasteiger partial charge in [0.25, 0.3) is 0 Å². The van der Waals surface area contributed by atoms with Gasteiger partial charge in [-0.25, -0.2) is 0 Å². The smallest absolute Gasteiger partial charge is 0.169 e. The molecule has 1 spiro atoms. The summed E-state index contributed by atoms with van der Waals surface area (Å²) in [5.74, 6) is -0.269. The van der Waals surface area contributed by atoms with Crippen LogP contribution in [0.2, 0.25) is 0 Å². The van der Waals surface area contributed by atoms with E-state index in [1.54, 1.807) is 0 Å². The summed E-state index contributed by atoms with van der Waals surface area (Å²) in [6, 6.07) is 0. The van der Waals surface area contributed by atoms with E-state index in [1.165, 1.54) is 19.3 Å². The molecular weight excluding hydrogens is 176 g/mol. The quantitative estimate of drug-likeness (QED) is 0.600. The lowest BCUT2D eigenvalue weighted by atomic mass is 9.93. The standard InChI is InChI=1S/C12H20O2/c1-3-11-7-5-9-12(14-11)8-4-6-10(2)13-12/h3,10-11H,1,4-9H2,2H3. The van der Waals surface area contributed by atoms with Gasteiger partial charge in [-0.2, -0.15) is 0 Å². The second-order valence-corrected chi connectivity index (χ2v) is 4.52. The summed E-state index contributed by atoms with van der Waals surface area (Å²) in [7, 11) is 0. The number of hydrogen-bond donors (Lipinski definition) is 0. The molecule has 0 aromatic carbocycles. The fourth-order valence-electron chi connectivity index (χ4n) is 2.55. The number of rotatable bonds is 1. The highest BCUT2D eigenvalue weighted by Gasteiger charge is 2.40. The average Bonchev–Trinajstić information content (AvgIpc) is 2.17. The van der Waals surface area contributed by atoms with E-state index in [1.807, 2.05) is 6.08 Å². The van der Waals surface area contributed by atoms with E-state index < -0.39 is 0 Å². The maximum Gasteiger partial charge on any atom is 0.169 e. The highest BCUT2D eigenvalue weighted by Crippen LogP contribution is 2.39. The zero-order valence-electron chi connectivity index (χ0n) is 9.00. The molecule has 0 bridgehead atoms. The predicted octanol–water partition coefficient (Wildman–Crippen LogP) is 3.03. The lowest BCUT2D eigenvalue weighted by Crippen LogP contribution is -2.46. The first-order valence-electron chi connectivity index (χ1n) is 5.72. The molecule has 2 saturated heterocycles. The fourth-order valence-corrected chi connectivity index (χ4v) is 2.55. The van der Waals surface area contributed by atoms with E-state index in [4.69, 9.17) is 9.47 Å². The molecule has 2 fully saturated rings. The third-order valence-electron chi connectivity index (χ3n) is 3.26. The summed E-state index contributed by atoms with van der Waals surface area (Å²) in [6.07, 6.45) is 9.27. The minimum absolute atomic E-state index is 0.203. The first-order valence-corrected chi connectivity index (χ1v) is 5.72. The second kappa shape index (κ2) is 4.03. The molecular formula is C12H20O2. The Morgan fingerprint density at radius 1 is 1.21 bits per heavy atom. The van der Waals surface area contributed by atoms with Crippen LogP contribution in [-0.2, 0) is 9.47 Å². The molecule has 0 saturated carbocycles. The molecule has 2 heteroatoms. The Hall–Kier alpha value is -0.340. The Labute approximate surface area is 86.3 Å². The van der Waals surface area contributed by atoms with Gasteiger partial charge in [-0.05, 0) is 32.6 Å². The third-order valence-corrected chi connectivity index (χ3v) is 3.26. The molecule has 14 heavy (non-hydrogen) atoms. The summed E-state index contributed by atoms with van der Waals surface area (Å²) in [4.78, 5) is 0. The molecule has 2 rings (SSSR count). The van der Waals surface area contributed by atoms with Crippen molar-refractivity contribution >= 4 is 0 Å². The van der Waals surface area contributed by atoms with Crippen LogP contribution in [0.3, 0.4) is 0 Å². The van der Waals surface area contributed by atoms with Crippen molar-refractivity contribution in [1.29, 1.82) is 0 Å². The van der Waals surface area contributed by atoms with Crippen molar-refractivity contribution in [1.82, 2.24) is 0 Å². The Morgan fingerprint density at radius 3 is 2.57 bits per heavy atom. The summed E-state index contributed by atoms with van der Waals surface area (Å²) in [6.45, 7) is 5.94. The Bertz CT molecular complexity index is 210. The molecule has 3 unspecified atom stereocenters. The van der Waals surface area contributed by atoms with Crippen molar-refractivity contribution in [2.45, 2.75) is 63.4 Å². The SMILES string of the molecule is C=CC1CCCC2(CCCC(C)O2)O1. The molecule has 80 valence electrons. The van der Waals surface area contributed by atoms with E-state index in [0.29, 0.717) is 6.10 Å². The first kappa shape index (κ1) is 10.2. The van der Waals surface area contributed by atoms with Gasteiger partial charge in [-0.15, -0.1) is 6.58 Å². The van der Waals surface area contributed by atoms with Crippen LogP contribution < -0.4 is 0 Å². The zero-order valence-corrected chi connectivity index (χ0v) is 9.00. The summed E-state index contributed by atoms with van der Waals surface area (Å²) in [5, 5.41) is 0. The molecule has 0 radical (unpaired) electrons. The second-order valence-electron chi connectivity index (χ2n) is 4.52. The van der Waals surface area contributed by atoms with Gasteiger partial charge in [0, 0.05) is 12.8 Å². The molecule has 0 aromatic rings. The van der Waals surface area contributed by atoms with Crippen LogP contribution in [0.1, 0.15) is 45.4 Å². The van der Waals surface area contributed by atoms with Crippen LogP contribution in [0.5, 0.6) is 0 Å². The molecule has 2 aliphatic heterocycles. The molecule has 0 aliphatic carbocycles. The number of hydrogen-bond acceptors (Lipinski definition) is 2. The Kier molecular flexibility index (Phi) is 2.93. The van der Waals surface area contributed by atoms with Gasteiger partial charge in [0.2, 0.25) is 0 Å². The third kappa shape index (κ3) is 2.01. The van der Waals surface area contributed by atoms with Gasteiger partial charge in [-0.3, -0.25) is 0 Å². The molecule has 3 atom stereocenters. The number of ether oxygens (including phenoxy) is 2. The Balaban J connectivity index is 2.02. The molecule has 2 nitrogen and oxygen atoms in total. The van der Waals surface area contributed by atoms with Crippen LogP contribution in [0.25, 0.3) is 0 Å². The molecule has 2 aliphatic rings. The highest BCUT2D eigenvalue weighted by atomic mass is 16.7. The molecule has 0 amide bonds. The van der Waals surface area contributed by atoms with Crippen LogP contribution >= 0.6 is 0 Å². The van der Waals surface area contributed by atoms with Crippen LogP contribution in [-0.4, -0.2) is 18.0 Å². The monoisotopic (exact) mass is 196 g/mol. The van der Waals surface area contributed by atoms with Crippen molar-refractivity contribution < 1.29 is 9.47 Å². The van der Waals surface area contributed by atoms with E-state index in [-0.39, 0.29) is 11.9 Å². The zero-order chi connectivity index (χ0) is 10.0. The van der Waals surface area contributed by atoms with Gasteiger partial charge in [-0.1, -0.05) is 6.08 Å². The molecule has 0 aromatic heterocycles. The van der Waals surface area contributed by atoms with Crippen molar-refractivity contribution in [2.24, 2.45) is 0 Å². The topological polar surface area (TPSA) is 18.5 Å². The highest BCUT2D eigenvalue weighted by molar-refractivity contribution is 4.89. The van der Waals surface area contributed by atoms with Crippen LogP contribution in [0, 0.1) is 0 Å². The van der Waals surface area contributed by atoms with Gasteiger partial charge in [0.05, 0.1) is 12.2 Å². The average molecular weight is 196 g/mol. The minimum Gasteiger partial charge on any atom is -0.347 e. The predicted molar refractivity (Wildman–Crippen MR) is 56.1 cm³/mol. The van der Waals surface area contributed by atoms with E-state index >= 15 is 0 Å². The van der Waals surface area contributed by atoms with Gasteiger partial charge < -0.3 is 9.47 Å². The summed E-state index contributed by atoms with van der Waals surface area (Å²) >= 11 is 0. The van der Waals surface area contributed by atoms with Gasteiger partial charge in [0.15, 0.2) is 5.79 Å². The van der Waals surface area contributed by atoms with Crippen molar-refractivity contribution in [3.05, 3.63) is 12.7 Å². The Morgan fingerprint density at radius 2 is 1.93 bits per heavy atom. The van der Waals surface area contributed by atoms with Gasteiger partial charge in [0.1, 0.15) is 0 Å². The lowest BCUT2D eigenvalue weighted by molar-refractivity contribution is -0.304. The first-order chi connectivity index (χ1) is 6.74. The van der Waals surface area contributed by atoms with Crippen molar-refractivity contribution in [3.8, 4) is 0 Å². The minimum atomic E-state index is -0.269. The van der Waals surface area contributed by atoms with E-state index in [9.17, 15) is 0 Å². The van der Waals surface area contributed by atoms with E-state index in [0.717, 1.165) is 19.3 Å².